The molecule has 2 saturated carbocycles. The summed E-state index contributed by atoms with van der Waals surface area (Å²) in [5.41, 5.74) is -0.178. The minimum atomic E-state index is -0.178. The highest BCUT2D eigenvalue weighted by Crippen LogP contribution is 2.46. The first kappa shape index (κ1) is 14.2. The lowest BCUT2D eigenvalue weighted by Crippen LogP contribution is -2.44. The minimum absolute atomic E-state index is 0.178. The van der Waals surface area contributed by atoms with Crippen LogP contribution in [-0.4, -0.2) is 36.7 Å². The van der Waals surface area contributed by atoms with E-state index < -0.39 is 0 Å². The molecule has 0 unspecified atom stereocenters. The molecular weight excluding hydrogens is 246 g/mol. The lowest BCUT2D eigenvalue weighted by atomic mass is 9.94. The normalized spacial score (nSPS) is 29.9. The Morgan fingerprint density at radius 3 is 2.83 bits per heavy atom. The van der Waals surface area contributed by atoms with E-state index in [1.54, 1.807) is 0 Å². The first-order valence-electron chi connectivity index (χ1n) is 7.11. The molecule has 3 nitrogen and oxygen atoms in total. The van der Waals surface area contributed by atoms with Gasteiger partial charge in [-0.05, 0) is 45.3 Å². The summed E-state index contributed by atoms with van der Waals surface area (Å²) in [5, 5.41) is 3.99. The van der Waals surface area contributed by atoms with Crippen LogP contribution in [0.5, 0.6) is 0 Å². The van der Waals surface area contributed by atoms with Crippen molar-refractivity contribution in [1.82, 2.24) is 5.32 Å². The summed E-state index contributed by atoms with van der Waals surface area (Å²) in [6, 6.07) is 0.391. The molecule has 0 heterocycles. The minimum Gasteiger partial charge on any atom is -0.381 e. The van der Waals surface area contributed by atoms with Gasteiger partial charge in [0.2, 0.25) is 5.91 Å². The van der Waals surface area contributed by atoms with Gasteiger partial charge in [-0.3, -0.25) is 4.79 Å². The van der Waals surface area contributed by atoms with Crippen molar-refractivity contribution in [3.63, 3.8) is 0 Å². The van der Waals surface area contributed by atoms with Gasteiger partial charge < -0.3 is 10.1 Å². The largest absolute Gasteiger partial charge is 0.381 e. The molecule has 0 spiro atoms. The molecule has 0 saturated heterocycles. The van der Waals surface area contributed by atoms with Gasteiger partial charge in [-0.1, -0.05) is 6.42 Å². The molecule has 0 radical (unpaired) electrons. The molecule has 4 heteroatoms. The smallest absolute Gasteiger partial charge is 0.228 e. The van der Waals surface area contributed by atoms with E-state index in [9.17, 15) is 4.79 Å². The van der Waals surface area contributed by atoms with Gasteiger partial charge in [0.25, 0.3) is 0 Å². The predicted octanol–water partition coefficient (Wildman–Crippen LogP) is 2.59. The average Bonchev–Trinajstić information content (AvgIpc) is 3.18. The van der Waals surface area contributed by atoms with Crippen molar-refractivity contribution < 1.29 is 9.53 Å². The van der Waals surface area contributed by atoms with Gasteiger partial charge in [-0.25, -0.2) is 0 Å². The Morgan fingerprint density at radius 1 is 1.44 bits per heavy atom. The van der Waals surface area contributed by atoms with Crippen LogP contribution in [0.2, 0.25) is 0 Å². The summed E-state index contributed by atoms with van der Waals surface area (Å²) in [5.74, 6) is 0.239. The fourth-order valence-electron chi connectivity index (χ4n) is 2.71. The SMILES string of the molecule is CCOCC1(C(=O)N[C@@H]2CCC[C@@H](SC)C2)CC1. The lowest BCUT2D eigenvalue weighted by molar-refractivity contribution is -0.129. The Bertz CT molecular complexity index is 292. The zero-order valence-corrected chi connectivity index (χ0v) is 12.4. The highest BCUT2D eigenvalue weighted by atomic mass is 32.2. The van der Waals surface area contributed by atoms with Crippen LogP contribution >= 0.6 is 11.8 Å². The first-order valence-corrected chi connectivity index (χ1v) is 8.40. The Morgan fingerprint density at radius 2 is 2.22 bits per heavy atom. The molecule has 2 aliphatic carbocycles. The second-order valence-corrected chi connectivity index (χ2v) is 6.75. The van der Waals surface area contributed by atoms with Gasteiger partial charge in [0.15, 0.2) is 0 Å². The van der Waals surface area contributed by atoms with Gasteiger partial charge in [-0.15, -0.1) is 0 Å². The first-order chi connectivity index (χ1) is 8.70. The van der Waals surface area contributed by atoms with Crippen LogP contribution < -0.4 is 5.32 Å². The molecular formula is C14H25NO2S. The molecule has 2 rings (SSSR count). The second-order valence-electron chi connectivity index (χ2n) is 5.61. The third-order valence-corrected chi connectivity index (χ3v) is 5.31. The fraction of sp³-hybridized carbons (Fsp3) is 0.929. The van der Waals surface area contributed by atoms with E-state index in [-0.39, 0.29) is 11.3 Å². The van der Waals surface area contributed by atoms with Crippen molar-refractivity contribution in [2.45, 2.75) is 56.7 Å². The van der Waals surface area contributed by atoms with Crippen molar-refractivity contribution in [2.24, 2.45) is 5.41 Å². The third-order valence-electron chi connectivity index (χ3n) is 4.21. The monoisotopic (exact) mass is 271 g/mol. The predicted molar refractivity (Wildman–Crippen MR) is 75.9 cm³/mol. The highest BCUT2D eigenvalue weighted by Gasteiger charge is 2.50. The summed E-state index contributed by atoms with van der Waals surface area (Å²) in [6.45, 7) is 3.29. The number of nitrogens with one attached hydrogen (secondary N) is 1. The van der Waals surface area contributed by atoms with E-state index in [0.29, 0.717) is 19.3 Å². The standard InChI is InChI=1S/C14H25NO2S/c1-3-17-10-14(7-8-14)13(16)15-11-5-4-6-12(9-11)18-2/h11-12H,3-10H2,1-2H3,(H,15,16)/t11-,12-/m1/s1. The lowest BCUT2D eigenvalue weighted by Gasteiger charge is -2.30. The molecule has 2 atom stereocenters. The van der Waals surface area contributed by atoms with Crippen LogP contribution in [0.1, 0.15) is 45.4 Å². The Labute approximate surface area is 114 Å². The summed E-state index contributed by atoms with van der Waals surface area (Å²) < 4.78 is 5.45. The van der Waals surface area contributed by atoms with E-state index in [1.165, 1.54) is 12.8 Å². The van der Waals surface area contributed by atoms with Crippen LogP contribution in [0.25, 0.3) is 0 Å². The van der Waals surface area contributed by atoms with Crippen LogP contribution in [0.4, 0.5) is 0 Å². The Hall–Kier alpha value is -0.220. The number of carbonyl (C=O) groups excluding carboxylic acids is 1. The second kappa shape index (κ2) is 6.29. The highest BCUT2D eigenvalue weighted by molar-refractivity contribution is 7.99. The van der Waals surface area contributed by atoms with Crippen LogP contribution in [-0.2, 0) is 9.53 Å². The van der Waals surface area contributed by atoms with Crippen molar-refractivity contribution >= 4 is 17.7 Å². The maximum Gasteiger partial charge on any atom is 0.228 e. The topological polar surface area (TPSA) is 38.3 Å². The Balaban J connectivity index is 1.80. The molecule has 2 fully saturated rings. The molecule has 0 aromatic carbocycles. The number of carbonyl (C=O) groups is 1. The summed E-state index contributed by atoms with van der Waals surface area (Å²) in [4.78, 5) is 12.3. The number of rotatable bonds is 6. The van der Waals surface area contributed by atoms with Gasteiger partial charge in [0, 0.05) is 17.9 Å². The van der Waals surface area contributed by atoms with Crippen molar-refractivity contribution in [2.75, 3.05) is 19.5 Å². The van der Waals surface area contributed by atoms with E-state index >= 15 is 0 Å². The third kappa shape index (κ3) is 3.41. The quantitative estimate of drug-likeness (QED) is 0.807. The number of thioether (sulfide) groups is 1. The molecule has 2 aliphatic rings. The average molecular weight is 271 g/mol. The molecule has 18 heavy (non-hydrogen) atoms. The molecule has 1 N–H and O–H groups in total. The van der Waals surface area contributed by atoms with Gasteiger partial charge in [0.05, 0.1) is 12.0 Å². The molecule has 104 valence electrons. The molecule has 0 aromatic heterocycles. The van der Waals surface area contributed by atoms with E-state index in [4.69, 9.17) is 4.74 Å². The van der Waals surface area contributed by atoms with Crippen molar-refractivity contribution in [3.05, 3.63) is 0 Å². The number of hydrogen-bond acceptors (Lipinski definition) is 3. The molecule has 0 aliphatic heterocycles. The molecule has 1 amide bonds. The molecule has 0 aromatic rings. The van der Waals surface area contributed by atoms with Gasteiger partial charge in [-0.2, -0.15) is 11.8 Å². The van der Waals surface area contributed by atoms with Gasteiger partial charge >= 0.3 is 0 Å². The molecule has 0 bridgehead atoms. The van der Waals surface area contributed by atoms with E-state index in [1.807, 2.05) is 18.7 Å². The summed E-state index contributed by atoms with van der Waals surface area (Å²) >= 11 is 1.94. The fourth-order valence-corrected chi connectivity index (χ4v) is 3.54. The van der Waals surface area contributed by atoms with Crippen LogP contribution in [0.3, 0.4) is 0 Å². The van der Waals surface area contributed by atoms with Crippen molar-refractivity contribution in [3.8, 4) is 0 Å². The Kier molecular flexibility index (Phi) is 4.96. The maximum atomic E-state index is 12.3. The summed E-state index contributed by atoms with van der Waals surface area (Å²) in [6.07, 6.45) is 9.00. The van der Waals surface area contributed by atoms with Gasteiger partial charge in [0.1, 0.15) is 0 Å². The number of hydrogen-bond donors (Lipinski definition) is 1. The van der Waals surface area contributed by atoms with E-state index in [2.05, 4.69) is 11.6 Å². The number of amides is 1. The maximum absolute atomic E-state index is 12.3. The van der Waals surface area contributed by atoms with Crippen LogP contribution in [0, 0.1) is 5.41 Å². The van der Waals surface area contributed by atoms with Crippen LogP contribution in [0.15, 0.2) is 0 Å². The summed E-state index contributed by atoms with van der Waals surface area (Å²) in [7, 11) is 0. The zero-order chi connectivity index (χ0) is 13.0. The van der Waals surface area contributed by atoms with Crippen molar-refractivity contribution in [1.29, 1.82) is 0 Å². The van der Waals surface area contributed by atoms with E-state index in [0.717, 1.165) is 30.9 Å². The zero-order valence-electron chi connectivity index (χ0n) is 11.5. The number of ether oxygens (including phenoxy) is 1.